The fourth-order valence-electron chi connectivity index (χ4n) is 2.96. The summed E-state index contributed by atoms with van der Waals surface area (Å²) in [6, 6.07) is 7.95. The molecule has 2 rings (SSSR count). The molecular weight excluding hydrogens is 280 g/mol. The van der Waals surface area contributed by atoms with E-state index in [1.165, 1.54) is 11.1 Å². The average molecular weight is 304 g/mol. The lowest BCUT2D eigenvalue weighted by atomic mass is 9.70. The van der Waals surface area contributed by atoms with Gasteiger partial charge in [0.15, 0.2) is 0 Å². The molecule has 0 radical (unpaired) electrons. The Labute approximate surface area is 131 Å². The second-order valence-electron chi connectivity index (χ2n) is 6.52. The number of carboxylic acid groups (broad SMARTS) is 1. The maximum Gasteiger partial charge on any atom is 0.315 e. The van der Waals surface area contributed by atoms with E-state index in [1.54, 1.807) is 0 Å². The zero-order valence-electron chi connectivity index (χ0n) is 13.2. The molecule has 5 heteroatoms. The quantitative estimate of drug-likeness (QED) is 0.732. The van der Waals surface area contributed by atoms with E-state index in [0.717, 1.165) is 12.8 Å². The number of aryl methyl sites for hydroxylation is 1. The van der Waals surface area contributed by atoms with Gasteiger partial charge >= 0.3 is 12.0 Å². The summed E-state index contributed by atoms with van der Waals surface area (Å²) in [4.78, 5) is 22.5. The molecule has 22 heavy (non-hydrogen) atoms. The standard InChI is InChI=1S/C17H24N2O3/c1-17(2)10-9-12-6-3-4-7-13(12)15(17)19-16(22)18-11-5-8-14(20)21/h3-4,6-7,15H,5,8-11H2,1-2H3,(H,20,21)(H2,18,19,22). The first-order chi connectivity index (χ1) is 10.4. The van der Waals surface area contributed by atoms with E-state index in [-0.39, 0.29) is 23.9 Å². The van der Waals surface area contributed by atoms with Crippen LogP contribution in [-0.4, -0.2) is 23.7 Å². The van der Waals surface area contributed by atoms with Crippen LogP contribution in [-0.2, 0) is 11.2 Å². The zero-order valence-corrected chi connectivity index (χ0v) is 13.2. The molecule has 5 nitrogen and oxygen atoms in total. The number of aliphatic carboxylic acids is 1. The molecule has 1 aliphatic rings. The third-order valence-electron chi connectivity index (χ3n) is 4.31. The average Bonchev–Trinajstić information content (AvgIpc) is 2.46. The maximum absolute atomic E-state index is 12.1. The van der Waals surface area contributed by atoms with Crippen molar-refractivity contribution in [2.75, 3.05) is 6.54 Å². The predicted octanol–water partition coefficient (Wildman–Crippen LogP) is 2.86. The van der Waals surface area contributed by atoms with Crippen LogP contribution in [0, 0.1) is 5.41 Å². The number of hydrogen-bond acceptors (Lipinski definition) is 2. The van der Waals surface area contributed by atoms with Crippen LogP contribution in [0.4, 0.5) is 4.79 Å². The molecule has 0 saturated carbocycles. The summed E-state index contributed by atoms with van der Waals surface area (Å²) < 4.78 is 0. The third-order valence-corrected chi connectivity index (χ3v) is 4.31. The Balaban J connectivity index is 1.98. The summed E-state index contributed by atoms with van der Waals surface area (Å²) in [7, 11) is 0. The topological polar surface area (TPSA) is 78.4 Å². The Morgan fingerprint density at radius 3 is 2.77 bits per heavy atom. The fourth-order valence-corrected chi connectivity index (χ4v) is 2.96. The van der Waals surface area contributed by atoms with Gasteiger partial charge in [0.25, 0.3) is 0 Å². The SMILES string of the molecule is CC1(C)CCc2ccccc2C1NC(=O)NCCCC(=O)O. The van der Waals surface area contributed by atoms with Gasteiger partial charge < -0.3 is 15.7 Å². The number of rotatable bonds is 5. The van der Waals surface area contributed by atoms with Gasteiger partial charge in [-0.2, -0.15) is 0 Å². The number of fused-ring (bicyclic) bond motifs is 1. The highest BCUT2D eigenvalue weighted by Gasteiger charge is 2.36. The number of amides is 2. The van der Waals surface area contributed by atoms with Crippen molar-refractivity contribution < 1.29 is 14.7 Å². The van der Waals surface area contributed by atoms with Crippen LogP contribution in [0.5, 0.6) is 0 Å². The van der Waals surface area contributed by atoms with Crippen LogP contribution in [0.25, 0.3) is 0 Å². The first kappa shape index (κ1) is 16.3. The molecule has 1 aromatic carbocycles. The number of benzene rings is 1. The minimum atomic E-state index is -0.843. The summed E-state index contributed by atoms with van der Waals surface area (Å²) in [5.74, 6) is -0.843. The molecule has 0 aliphatic heterocycles. The molecule has 1 aromatic rings. The van der Waals surface area contributed by atoms with Crippen molar-refractivity contribution in [3.8, 4) is 0 Å². The van der Waals surface area contributed by atoms with Crippen molar-refractivity contribution in [2.45, 2.75) is 45.6 Å². The van der Waals surface area contributed by atoms with E-state index in [4.69, 9.17) is 5.11 Å². The lowest BCUT2D eigenvalue weighted by Crippen LogP contribution is -2.45. The Bertz CT molecular complexity index is 555. The third kappa shape index (κ3) is 4.00. The molecular formula is C17H24N2O3. The van der Waals surface area contributed by atoms with Gasteiger partial charge in [-0.15, -0.1) is 0 Å². The highest BCUT2D eigenvalue weighted by Crippen LogP contribution is 2.43. The smallest absolute Gasteiger partial charge is 0.315 e. The van der Waals surface area contributed by atoms with Gasteiger partial charge in [-0.1, -0.05) is 38.1 Å². The van der Waals surface area contributed by atoms with Crippen LogP contribution < -0.4 is 10.6 Å². The Morgan fingerprint density at radius 1 is 1.32 bits per heavy atom. The van der Waals surface area contributed by atoms with Crippen molar-refractivity contribution in [3.63, 3.8) is 0 Å². The molecule has 0 aromatic heterocycles. The normalized spacial score (nSPS) is 19.1. The van der Waals surface area contributed by atoms with Crippen molar-refractivity contribution in [3.05, 3.63) is 35.4 Å². The Hall–Kier alpha value is -2.04. The number of carboxylic acids is 1. The summed E-state index contributed by atoms with van der Waals surface area (Å²) in [6.45, 7) is 4.70. The van der Waals surface area contributed by atoms with Crippen molar-refractivity contribution >= 4 is 12.0 Å². The highest BCUT2D eigenvalue weighted by molar-refractivity contribution is 5.74. The minimum absolute atomic E-state index is 0.00718. The monoisotopic (exact) mass is 304 g/mol. The first-order valence-electron chi connectivity index (χ1n) is 7.74. The zero-order chi connectivity index (χ0) is 16.2. The van der Waals surface area contributed by atoms with E-state index >= 15 is 0 Å². The van der Waals surface area contributed by atoms with Crippen molar-refractivity contribution in [1.29, 1.82) is 0 Å². The summed E-state index contributed by atoms with van der Waals surface area (Å²) >= 11 is 0. The van der Waals surface area contributed by atoms with Gasteiger partial charge in [0, 0.05) is 13.0 Å². The van der Waals surface area contributed by atoms with Gasteiger partial charge in [-0.05, 0) is 35.8 Å². The van der Waals surface area contributed by atoms with Crippen LogP contribution in [0.2, 0.25) is 0 Å². The fraction of sp³-hybridized carbons (Fsp3) is 0.529. The number of carbonyl (C=O) groups excluding carboxylic acids is 1. The molecule has 1 unspecified atom stereocenters. The molecule has 1 atom stereocenters. The minimum Gasteiger partial charge on any atom is -0.481 e. The first-order valence-corrected chi connectivity index (χ1v) is 7.74. The molecule has 0 spiro atoms. The maximum atomic E-state index is 12.1. The van der Waals surface area contributed by atoms with Crippen molar-refractivity contribution in [2.24, 2.45) is 5.41 Å². The van der Waals surface area contributed by atoms with E-state index in [2.05, 4.69) is 36.6 Å². The van der Waals surface area contributed by atoms with E-state index in [1.807, 2.05) is 12.1 Å². The lowest BCUT2D eigenvalue weighted by Gasteiger charge is -2.40. The number of urea groups is 1. The number of nitrogens with one attached hydrogen (secondary N) is 2. The van der Waals surface area contributed by atoms with Gasteiger partial charge in [-0.25, -0.2) is 4.79 Å². The summed E-state index contributed by atoms with van der Waals surface area (Å²) in [5.41, 5.74) is 2.46. The lowest BCUT2D eigenvalue weighted by molar-refractivity contribution is -0.137. The van der Waals surface area contributed by atoms with E-state index < -0.39 is 5.97 Å². The Morgan fingerprint density at radius 2 is 2.05 bits per heavy atom. The predicted molar refractivity (Wildman–Crippen MR) is 84.7 cm³/mol. The van der Waals surface area contributed by atoms with Crippen LogP contribution >= 0.6 is 0 Å². The van der Waals surface area contributed by atoms with E-state index in [9.17, 15) is 9.59 Å². The molecule has 120 valence electrons. The van der Waals surface area contributed by atoms with E-state index in [0.29, 0.717) is 13.0 Å². The van der Waals surface area contributed by atoms with Crippen LogP contribution in [0.3, 0.4) is 0 Å². The molecule has 3 N–H and O–H groups in total. The highest BCUT2D eigenvalue weighted by atomic mass is 16.4. The molecule has 1 aliphatic carbocycles. The molecule has 0 heterocycles. The molecule has 0 bridgehead atoms. The van der Waals surface area contributed by atoms with Crippen LogP contribution in [0.15, 0.2) is 24.3 Å². The molecule has 0 saturated heterocycles. The van der Waals surface area contributed by atoms with Crippen LogP contribution in [0.1, 0.15) is 50.3 Å². The molecule has 0 fully saturated rings. The van der Waals surface area contributed by atoms with Gasteiger partial charge in [0.1, 0.15) is 0 Å². The Kier molecular flexibility index (Phi) is 5.06. The summed E-state index contributed by atoms with van der Waals surface area (Å²) in [5, 5.41) is 14.4. The van der Waals surface area contributed by atoms with Gasteiger partial charge in [-0.3, -0.25) is 4.79 Å². The number of carbonyl (C=O) groups is 2. The second kappa shape index (κ2) is 6.81. The van der Waals surface area contributed by atoms with Gasteiger partial charge in [0.2, 0.25) is 0 Å². The second-order valence-corrected chi connectivity index (χ2v) is 6.52. The summed E-state index contributed by atoms with van der Waals surface area (Å²) in [6.07, 6.45) is 2.56. The largest absolute Gasteiger partial charge is 0.481 e. The van der Waals surface area contributed by atoms with Gasteiger partial charge in [0.05, 0.1) is 6.04 Å². The number of hydrogen-bond donors (Lipinski definition) is 3. The van der Waals surface area contributed by atoms with Crippen molar-refractivity contribution in [1.82, 2.24) is 10.6 Å². The molecule has 2 amide bonds.